The molecular formula is C10H14F3N3. The Morgan fingerprint density at radius 2 is 2.12 bits per heavy atom. The molecule has 0 spiro atoms. The van der Waals surface area contributed by atoms with Gasteiger partial charge in [0.2, 0.25) is 0 Å². The Hall–Kier alpha value is -1.30. The number of halogens is 3. The van der Waals surface area contributed by atoms with E-state index in [9.17, 15) is 13.2 Å². The zero-order valence-corrected chi connectivity index (χ0v) is 8.96. The molecule has 0 amide bonds. The molecule has 0 aliphatic heterocycles. The lowest BCUT2D eigenvalue weighted by atomic mass is 10.2. The Balaban J connectivity index is 2.94. The average Bonchev–Trinajstić information content (AvgIpc) is 2.24. The average molecular weight is 233 g/mol. The Labute approximate surface area is 92.1 Å². The van der Waals surface area contributed by atoms with Crippen LogP contribution in [0.15, 0.2) is 18.5 Å². The Morgan fingerprint density at radius 1 is 1.44 bits per heavy atom. The minimum atomic E-state index is -4.22. The molecule has 1 heterocycles. The summed E-state index contributed by atoms with van der Waals surface area (Å²) in [5, 5.41) is 0. The van der Waals surface area contributed by atoms with Gasteiger partial charge in [0.15, 0.2) is 0 Å². The molecule has 0 saturated heterocycles. The van der Waals surface area contributed by atoms with Crippen LogP contribution < -0.4 is 10.6 Å². The van der Waals surface area contributed by atoms with Crippen LogP contribution in [0.25, 0.3) is 0 Å². The van der Waals surface area contributed by atoms with Crippen LogP contribution in [0.5, 0.6) is 0 Å². The maximum Gasteiger partial charge on any atom is 0.405 e. The monoisotopic (exact) mass is 233 g/mol. The van der Waals surface area contributed by atoms with Crippen LogP contribution in [0.2, 0.25) is 0 Å². The standard InChI is InChI=1S/C10H14F3N3/c1-2-16(7-10(11,12)13)9-3-4-15-6-8(9)5-14/h3-4,6H,2,5,7,14H2,1H3. The van der Waals surface area contributed by atoms with Crippen LogP contribution in [-0.2, 0) is 6.54 Å². The molecule has 0 aliphatic rings. The molecule has 90 valence electrons. The highest BCUT2D eigenvalue weighted by Gasteiger charge is 2.30. The van der Waals surface area contributed by atoms with E-state index in [1.165, 1.54) is 17.3 Å². The summed E-state index contributed by atoms with van der Waals surface area (Å²) in [5.74, 6) is 0. The van der Waals surface area contributed by atoms with Gasteiger partial charge in [0.05, 0.1) is 0 Å². The Bertz CT molecular complexity index is 338. The quantitative estimate of drug-likeness (QED) is 0.864. The van der Waals surface area contributed by atoms with E-state index in [-0.39, 0.29) is 13.1 Å². The zero-order chi connectivity index (χ0) is 12.2. The summed E-state index contributed by atoms with van der Waals surface area (Å²) in [6, 6.07) is 1.55. The zero-order valence-electron chi connectivity index (χ0n) is 8.96. The normalized spacial score (nSPS) is 11.6. The molecule has 2 N–H and O–H groups in total. The lowest BCUT2D eigenvalue weighted by molar-refractivity contribution is -0.119. The van der Waals surface area contributed by atoms with Gasteiger partial charge in [-0.05, 0) is 13.0 Å². The van der Waals surface area contributed by atoms with E-state index in [0.717, 1.165) is 0 Å². The molecule has 0 radical (unpaired) electrons. The summed E-state index contributed by atoms with van der Waals surface area (Å²) in [7, 11) is 0. The summed E-state index contributed by atoms with van der Waals surface area (Å²) in [6.45, 7) is 1.15. The summed E-state index contributed by atoms with van der Waals surface area (Å²) in [6.07, 6.45) is -1.26. The van der Waals surface area contributed by atoms with Gasteiger partial charge >= 0.3 is 6.18 Å². The molecule has 6 heteroatoms. The minimum absolute atomic E-state index is 0.178. The maximum absolute atomic E-state index is 12.3. The SMILES string of the molecule is CCN(CC(F)(F)F)c1ccncc1CN. The second kappa shape index (κ2) is 5.16. The van der Waals surface area contributed by atoms with Crippen molar-refractivity contribution < 1.29 is 13.2 Å². The number of aromatic nitrogens is 1. The molecule has 0 aromatic carbocycles. The number of nitrogens with zero attached hydrogens (tertiary/aromatic N) is 2. The van der Waals surface area contributed by atoms with Gasteiger partial charge in [0.1, 0.15) is 6.54 Å². The number of alkyl halides is 3. The van der Waals surface area contributed by atoms with E-state index < -0.39 is 12.7 Å². The number of rotatable bonds is 4. The molecule has 1 aromatic rings. The van der Waals surface area contributed by atoms with Crippen molar-refractivity contribution in [1.82, 2.24) is 4.98 Å². The molecule has 0 atom stereocenters. The smallest absolute Gasteiger partial charge is 0.363 e. The van der Waals surface area contributed by atoms with E-state index in [0.29, 0.717) is 11.3 Å². The highest BCUT2D eigenvalue weighted by molar-refractivity contribution is 5.52. The van der Waals surface area contributed by atoms with Gasteiger partial charge < -0.3 is 10.6 Å². The summed E-state index contributed by atoms with van der Waals surface area (Å²) in [4.78, 5) is 5.08. The number of nitrogens with two attached hydrogens (primary N) is 1. The predicted molar refractivity (Wildman–Crippen MR) is 56.1 cm³/mol. The molecule has 16 heavy (non-hydrogen) atoms. The second-order valence-electron chi connectivity index (χ2n) is 3.34. The molecule has 0 fully saturated rings. The first-order chi connectivity index (χ1) is 7.48. The number of pyridine rings is 1. The second-order valence-corrected chi connectivity index (χ2v) is 3.34. The van der Waals surface area contributed by atoms with Gasteiger partial charge in [-0.3, -0.25) is 4.98 Å². The molecule has 1 aromatic heterocycles. The van der Waals surface area contributed by atoms with Gasteiger partial charge in [-0.1, -0.05) is 0 Å². The van der Waals surface area contributed by atoms with Crippen molar-refractivity contribution in [2.75, 3.05) is 18.0 Å². The van der Waals surface area contributed by atoms with E-state index >= 15 is 0 Å². The summed E-state index contributed by atoms with van der Waals surface area (Å²) < 4.78 is 37.0. The maximum atomic E-state index is 12.3. The van der Waals surface area contributed by atoms with Crippen LogP contribution in [0, 0.1) is 0 Å². The Morgan fingerprint density at radius 3 is 2.62 bits per heavy atom. The lowest BCUT2D eigenvalue weighted by Crippen LogP contribution is -2.34. The van der Waals surface area contributed by atoms with Gasteiger partial charge in [-0.15, -0.1) is 0 Å². The number of anilines is 1. The van der Waals surface area contributed by atoms with E-state index in [1.807, 2.05) is 0 Å². The summed E-state index contributed by atoms with van der Waals surface area (Å²) >= 11 is 0. The van der Waals surface area contributed by atoms with Gasteiger partial charge in [0, 0.05) is 36.7 Å². The fourth-order valence-corrected chi connectivity index (χ4v) is 1.47. The highest BCUT2D eigenvalue weighted by atomic mass is 19.4. The fraction of sp³-hybridized carbons (Fsp3) is 0.500. The van der Waals surface area contributed by atoms with Crippen LogP contribution in [-0.4, -0.2) is 24.2 Å². The first-order valence-corrected chi connectivity index (χ1v) is 4.92. The van der Waals surface area contributed by atoms with Crippen molar-refractivity contribution in [2.24, 2.45) is 5.73 Å². The van der Waals surface area contributed by atoms with Crippen LogP contribution in [0.1, 0.15) is 12.5 Å². The van der Waals surface area contributed by atoms with Crippen molar-refractivity contribution in [3.63, 3.8) is 0 Å². The number of hydrogen-bond donors (Lipinski definition) is 1. The third-order valence-electron chi connectivity index (χ3n) is 2.19. The number of hydrogen-bond acceptors (Lipinski definition) is 3. The Kier molecular flexibility index (Phi) is 4.12. The van der Waals surface area contributed by atoms with Crippen LogP contribution in [0.3, 0.4) is 0 Å². The third kappa shape index (κ3) is 3.37. The summed E-state index contributed by atoms with van der Waals surface area (Å²) in [5.41, 5.74) is 6.58. The van der Waals surface area contributed by atoms with E-state index in [4.69, 9.17) is 5.73 Å². The first kappa shape index (κ1) is 12.8. The van der Waals surface area contributed by atoms with Crippen LogP contribution in [0.4, 0.5) is 18.9 Å². The molecular weight excluding hydrogens is 219 g/mol. The van der Waals surface area contributed by atoms with Crippen molar-refractivity contribution in [1.29, 1.82) is 0 Å². The van der Waals surface area contributed by atoms with Crippen molar-refractivity contribution >= 4 is 5.69 Å². The van der Waals surface area contributed by atoms with Gasteiger partial charge in [-0.2, -0.15) is 13.2 Å². The van der Waals surface area contributed by atoms with E-state index in [2.05, 4.69) is 4.98 Å². The van der Waals surface area contributed by atoms with Gasteiger partial charge in [0.25, 0.3) is 0 Å². The van der Waals surface area contributed by atoms with Crippen molar-refractivity contribution in [2.45, 2.75) is 19.6 Å². The molecule has 1 rings (SSSR count). The van der Waals surface area contributed by atoms with Crippen molar-refractivity contribution in [3.8, 4) is 0 Å². The van der Waals surface area contributed by atoms with E-state index in [1.54, 1.807) is 13.0 Å². The topological polar surface area (TPSA) is 42.2 Å². The predicted octanol–water partition coefficient (Wildman–Crippen LogP) is 1.93. The van der Waals surface area contributed by atoms with Crippen LogP contribution >= 0.6 is 0 Å². The largest absolute Gasteiger partial charge is 0.405 e. The lowest BCUT2D eigenvalue weighted by Gasteiger charge is -2.26. The molecule has 0 saturated carbocycles. The molecule has 0 unspecified atom stereocenters. The molecule has 3 nitrogen and oxygen atoms in total. The van der Waals surface area contributed by atoms with Gasteiger partial charge in [-0.25, -0.2) is 0 Å². The minimum Gasteiger partial charge on any atom is -0.363 e. The molecule has 0 aliphatic carbocycles. The molecule has 0 bridgehead atoms. The third-order valence-corrected chi connectivity index (χ3v) is 2.19. The highest BCUT2D eigenvalue weighted by Crippen LogP contribution is 2.24. The fourth-order valence-electron chi connectivity index (χ4n) is 1.47. The first-order valence-electron chi connectivity index (χ1n) is 4.92. The van der Waals surface area contributed by atoms with Crippen molar-refractivity contribution in [3.05, 3.63) is 24.0 Å².